The number of anilines is 1. The van der Waals surface area contributed by atoms with Gasteiger partial charge in [-0.05, 0) is 88.8 Å². The second-order valence-electron chi connectivity index (χ2n) is 13.8. The van der Waals surface area contributed by atoms with Gasteiger partial charge in [-0.25, -0.2) is 4.39 Å². The number of halogens is 3. The number of ether oxygens (including phenoxy) is 2. The van der Waals surface area contributed by atoms with Crippen LogP contribution in [0.2, 0.25) is 0 Å². The van der Waals surface area contributed by atoms with Gasteiger partial charge in [-0.3, -0.25) is 23.9 Å². The smallest absolute Gasteiger partial charge is 0.270 e. The van der Waals surface area contributed by atoms with Crippen molar-refractivity contribution in [2.24, 2.45) is 5.92 Å². The highest BCUT2D eigenvalue weighted by molar-refractivity contribution is 6.01. The van der Waals surface area contributed by atoms with Crippen molar-refractivity contribution >= 4 is 29.3 Å². The van der Waals surface area contributed by atoms with Gasteiger partial charge in [-0.1, -0.05) is 12.5 Å². The zero-order valence-corrected chi connectivity index (χ0v) is 31.3. The summed E-state index contributed by atoms with van der Waals surface area (Å²) in [5, 5.41) is 12.2. The molecule has 292 valence electrons. The maximum absolute atomic E-state index is 16.0. The van der Waals surface area contributed by atoms with E-state index in [0.717, 1.165) is 6.07 Å². The number of allylic oxidation sites excluding steroid dienone is 1. The number of nitrogens with one attached hydrogen (secondary N) is 3. The van der Waals surface area contributed by atoms with Crippen LogP contribution in [0.1, 0.15) is 74.8 Å². The fourth-order valence-electron chi connectivity index (χ4n) is 6.91. The molecule has 4 amide bonds. The third-order valence-electron chi connectivity index (χ3n) is 10.4. The number of likely N-dealkylation sites (N-methyl/N-ethyl adjacent to an activating group) is 1. The summed E-state index contributed by atoms with van der Waals surface area (Å²) in [5.41, 5.74) is 0.220. The molecule has 4 rings (SSSR count). The summed E-state index contributed by atoms with van der Waals surface area (Å²) in [6.45, 7) is 7.15. The van der Waals surface area contributed by atoms with Crippen LogP contribution in [-0.4, -0.2) is 115 Å². The quantitative estimate of drug-likeness (QED) is 0.247. The Morgan fingerprint density at radius 3 is 2.45 bits per heavy atom. The van der Waals surface area contributed by atoms with Gasteiger partial charge in [-0.15, -0.1) is 0 Å². The first-order valence-electron chi connectivity index (χ1n) is 18.1. The first-order chi connectivity index (χ1) is 25.3. The molecule has 1 aromatic carbocycles. The second-order valence-corrected chi connectivity index (χ2v) is 13.8. The molecule has 0 radical (unpaired) electrons. The van der Waals surface area contributed by atoms with Gasteiger partial charge < -0.3 is 35.2 Å². The van der Waals surface area contributed by atoms with Gasteiger partial charge in [-0.2, -0.15) is 13.9 Å². The van der Waals surface area contributed by atoms with Crippen molar-refractivity contribution < 1.29 is 41.8 Å². The maximum atomic E-state index is 16.0. The van der Waals surface area contributed by atoms with E-state index in [1.165, 1.54) is 43.3 Å². The molecule has 1 aliphatic carbocycles. The maximum Gasteiger partial charge on any atom is 0.270 e. The molecule has 2 aromatic rings. The van der Waals surface area contributed by atoms with E-state index in [-0.39, 0.29) is 48.4 Å². The van der Waals surface area contributed by atoms with E-state index in [0.29, 0.717) is 51.0 Å². The molecule has 2 unspecified atom stereocenters. The molecule has 0 bridgehead atoms. The monoisotopic (exact) mass is 747 g/mol. The van der Waals surface area contributed by atoms with Crippen LogP contribution < -0.4 is 16.0 Å². The minimum atomic E-state index is -1.80. The lowest BCUT2D eigenvalue weighted by Gasteiger charge is -2.40. The molecule has 53 heavy (non-hydrogen) atoms. The van der Waals surface area contributed by atoms with Gasteiger partial charge in [0.15, 0.2) is 0 Å². The average molecular weight is 748 g/mol. The number of rotatable bonds is 14. The van der Waals surface area contributed by atoms with Crippen molar-refractivity contribution in [1.82, 2.24) is 30.2 Å². The van der Waals surface area contributed by atoms with Crippen molar-refractivity contribution in [3.8, 4) is 0 Å². The van der Waals surface area contributed by atoms with E-state index in [1.807, 2.05) is 14.0 Å². The summed E-state index contributed by atoms with van der Waals surface area (Å²) < 4.78 is 55.8. The number of methoxy groups -OCH3 is 2. The van der Waals surface area contributed by atoms with Crippen LogP contribution in [0.15, 0.2) is 42.1 Å². The predicted octanol–water partition coefficient (Wildman–Crippen LogP) is 3.92. The predicted molar refractivity (Wildman–Crippen MR) is 192 cm³/mol. The lowest BCUT2D eigenvalue weighted by atomic mass is 9.89. The molecule has 16 heteroatoms. The topological polar surface area (TPSA) is 147 Å². The van der Waals surface area contributed by atoms with Gasteiger partial charge in [0.25, 0.3) is 12.0 Å². The molecule has 1 aliphatic heterocycles. The summed E-state index contributed by atoms with van der Waals surface area (Å²) in [5.74, 6) is -4.65. The van der Waals surface area contributed by atoms with Crippen LogP contribution in [0.4, 0.5) is 18.9 Å². The molecule has 2 heterocycles. The van der Waals surface area contributed by atoms with Crippen LogP contribution in [0.5, 0.6) is 0 Å². The number of nitrogens with zero attached hydrogens (tertiary/aromatic N) is 4. The van der Waals surface area contributed by atoms with Crippen LogP contribution >= 0.6 is 0 Å². The molecular weight excluding hydrogens is 695 g/mol. The number of aryl methyl sites for hydroxylation is 1. The van der Waals surface area contributed by atoms with Crippen LogP contribution in [0, 0.1) is 11.7 Å². The molecule has 13 nitrogen and oxygen atoms in total. The molecule has 3 N–H and O–H groups in total. The number of hydrogen-bond donors (Lipinski definition) is 3. The Morgan fingerprint density at radius 2 is 1.81 bits per heavy atom. The summed E-state index contributed by atoms with van der Waals surface area (Å²) in [6, 6.07) is 3.16. The zero-order chi connectivity index (χ0) is 38.8. The van der Waals surface area contributed by atoms with E-state index in [4.69, 9.17) is 9.47 Å². The fraction of sp³-hybridized carbons (Fsp3) is 0.595. The third-order valence-corrected chi connectivity index (χ3v) is 10.4. The zero-order valence-electron chi connectivity index (χ0n) is 31.3. The Bertz CT molecular complexity index is 1630. The van der Waals surface area contributed by atoms with Crippen molar-refractivity contribution in [1.29, 1.82) is 0 Å². The minimum Gasteiger partial charge on any atom is -0.384 e. The fourth-order valence-corrected chi connectivity index (χ4v) is 6.91. The summed E-state index contributed by atoms with van der Waals surface area (Å²) in [7, 11) is 4.77. The summed E-state index contributed by atoms with van der Waals surface area (Å²) in [4.78, 5) is 58.2. The van der Waals surface area contributed by atoms with Crippen LogP contribution in [0.3, 0.4) is 0 Å². The van der Waals surface area contributed by atoms with Gasteiger partial charge in [0.05, 0.1) is 12.3 Å². The van der Waals surface area contributed by atoms with E-state index < -0.39 is 59.6 Å². The third kappa shape index (κ3) is 10.4. The molecule has 1 aromatic heterocycles. The lowest BCUT2D eigenvalue weighted by molar-refractivity contribution is -0.142. The molecule has 1 saturated heterocycles. The largest absolute Gasteiger partial charge is 0.384 e. The molecule has 1 saturated carbocycles. The van der Waals surface area contributed by atoms with Crippen molar-refractivity contribution in [2.45, 2.75) is 89.6 Å². The first-order valence-corrected chi connectivity index (χ1v) is 18.1. The molecule has 6 atom stereocenters. The highest BCUT2D eigenvalue weighted by Crippen LogP contribution is 2.33. The number of benzene rings is 1. The van der Waals surface area contributed by atoms with Crippen molar-refractivity contribution in [2.75, 3.05) is 52.8 Å². The Hall–Kier alpha value is -4.28. The second kappa shape index (κ2) is 19.2. The number of hydrogen-bond acceptors (Lipinski definition) is 8. The Balaban J connectivity index is 1.64. The Kier molecular flexibility index (Phi) is 15.0. The number of amides is 4. The van der Waals surface area contributed by atoms with E-state index in [1.54, 1.807) is 18.7 Å². The SMILES string of the molecule is CCn1nccc1C(=O)N[C@H](C(=O)Nc1ccc(C(COC)C(NC(=O)[C@H](C)OC)C(=O)N2CCN(C)[C@H](C)C2)cc1F)[C@@H]1CCCCC(=C(F)F)C1. The highest BCUT2D eigenvalue weighted by atomic mass is 19.3. The highest BCUT2D eigenvalue weighted by Gasteiger charge is 2.38. The summed E-state index contributed by atoms with van der Waals surface area (Å²) >= 11 is 0. The van der Waals surface area contributed by atoms with E-state index in [2.05, 4.69) is 25.9 Å². The normalized spacial score (nSPS) is 20.5. The molecule has 2 fully saturated rings. The van der Waals surface area contributed by atoms with Gasteiger partial charge >= 0.3 is 0 Å². The number of carbonyl (C=O) groups excluding carboxylic acids is 4. The standard InChI is InChI=1S/C37H52F3N7O6/c1-7-47-30(14-15-41-47)35(49)43-31(25-10-8-9-11-26(18-25)33(39)40)36(50)42-29-13-12-24(19-28(29)38)27(21-52-5)32(44-34(48)23(3)53-6)37(51)46-17-16-45(4)22(2)20-46/h12-15,19,22-23,25,27,31-32H,7-11,16-18,20-21H2,1-6H3,(H,42,50)(H,43,49)(H,44,48)/t22-,23+,25-,27?,31+,32?/m1/s1. The molecule has 2 aliphatic rings. The lowest BCUT2D eigenvalue weighted by Crippen LogP contribution is -2.59. The van der Waals surface area contributed by atoms with Gasteiger partial charge in [0.2, 0.25) is 17.7 Å². The van der Waals surface area contributed by atoms with Crippen molar-refractivity contribution in [3.63, 3.8) is 0 Å². The van der Waals surface area contributed by atoms with Crippen LogP contribution in [-0.2, 0) is 30.4 Å². The Labute approximate surface area is 308 Å². The number of carbonyl (C=O) groups is 4. The van der Waals surface area contributed by atoms with E-state index >= 15 is 4.39 Å². The van der Waals surface area contributed by atoms with Crippen LogP contribution in [0.25, 0.3) is 0 Å². The van der Waals surface area contributed by atoms with Gasteiger partial charge in [0, 0.05) is 58.6 Å². The van der Waals surface area contributed by atoms with Crippen molar-refractivity contribution in [3.05, 3.63) is 59.2 Å². The average Bonchev–Trinajstić information content (AvgIpc) is 3.49. The Morgan fingerprint density at radius 1 is 1.06 bits per heavy atom. The molecule has 0 spiro atoms. The summed E-state index contributed by atoms with van der Waals surface area (Å²) in [6.07, 6.45) is 0.307. The number of piperazine rings is 1. The minimum absolute atomic E-state index is 0.0579. The number of aromatic nitrogens is 2. The first kappa shape index (κ1) is 41.5. The van der Waals surface area contributed by atoms with Gasteiger partial charge in [0.1, 0.15) is 29.7 Å². The molecular formula is C37H52F3N7O6. The van der Waals surface area contributed by atoms with E-state index in [9.17, 15) is 28.0 Å².